The highest BCUT2D eigenvalue weighted by Gasteiger charge is 2.39. The van der Waals surface area contributed by atoms with Crippen LogP contribution in [-0.4, -0.2) is 5.79 Å². The third-order valence-corrected chi connectivity index (χ3v) is 2.95. The van der Waals surface area contributed by atoms with E-state index in [1.165, 1.54) is 5.56 Å². The highest BCUT2D eigenvalue weighted by molar-refractivity contribution is 5.45. The van der Waals surface area contributed by atoms with Crippen molar-refractivity contribution in [1.82, 2.24) is 0 Å². The van der Waals surface area contributed by atoms with E-state index in [1.54, 1.807) is 0 Å². The maximum absolute atomic E-state index is 6.03. The first-order valence-electron chi connectivity index (χ1n) is 7.18. The molecule has 1 aliphatic rings. The summed E-state index contributed by atoms with van der Waals surface area (Å²) in [6, 6.07) is 6.14. The minimum Gasteiger partial charge on any atom is -0.448 e. The lowest BCUT2D eigenvalue weighted by Crippen LogP contribution is -2.38. The second-order valence-corrected chi connectivity index (χ2v) is 4.56. The lowest BCUT2D eigenvalue weighted by atomic mass is 10.1. The van der Waals surface area contributed by atoms with Gasteiger partial charge in [-0.25, -0.2) is 0 Å². The van der Waals surface area contributed by atoms with E-state index in [2.05, 4.69) is 32.9 Å². The van der Waals surface area contributed by atoms with Crippen molar-refractivity contribution in [3.8, 4) is 11.5 Å². The van der Waals surface area contributed by atoms with Gasteiger partial charge in [0.25, 0.3) is 5.79 Å². The van der Waals surface area contributed by atoms with Gasteiger partial charge in [-0.2, -0.15) is 0 Å². The third-order valence-electron chi connectivity index (χ3n) is 2.95. The first-order chi connectivity index (χ1) is 8.69. The van der Waals surface area contributed by atoms with Gasteiger partial charge in [-0.1, -0.05) is 33.8 Å². The van der Waals surface area contributed by atoms with E-state index in [0.717, 1.165) is 37.2 Å². The monoisotopic (exact) mass is 250 g/mol. The molecule has 2 nitrogen and oxygen atoms in total. The smallest absolute Gasteiger partial charge is 0.251 e. The predicted octanol–water partition coefficient (Wildman–Crippen LogP) is 5.09. The molecule has 0 aliphatic carbocycles. The van der Waals surface area contributed by atoms with Crippen LogP contribution in [0.3, 0.4) is 0 Å². The van der Waals surface area contributed by atoms with E-state index < -0.39 is 5.79 Å². The number of fused-ring (bicyclic) bond motifs is 1. The molecule has 0 amide bonds. The first-order valence-corrected chi connectivity index (χ1v) is 7.18. The van der Waals surface area contributed by atoms with Gasteiger partial charge in [0.15, 0.2) is 11.5 Å². The number of aryl methyl sites for hydroxylation is 1. The van der Waals surface area contributed by atoms with Crippen LogP contribution >= 0.6 is 0 Å². The van der Waals surface area contributed by atoms with Gasteiger partial charge in [-0.3, -0.25) is 0 Å². The summed E-state index contributed by atoms with van der Waals surface area (Å²) >= 11 is 0. The molecule has 0 radical (unpaired) electrons. The zero-order valence-corrected chi connectivity index (χ0v) is 12.4. The molecular formula is C16H26O2. The van der Waals surface area contributed by atoms with Crippen molar-refractivity contribution in [2.75, 3.05) is 0 Å². The van der Waals surface area contributed by atoms with Gasteiger partial charge in [0.2, 0.25) is 0 Å². The molecule has 1 aromatic rings. The minimum absolute atomic E-state index is 0.403. The fraction of sp³-hybridized carbons (Fsp3) is 0.625. The Morgan fingerprint density at radius 3 is 2.06 bits per heavy atom. The van der Waals surface area contributed by atoms with Crippen molar-refractivity contribution in [1.29, 1.82) is 0 Å². The molecule has 18 heavy (non-hydrogen) atoms. The highest BCUT2D eigenvalue weighted by Crippen LogP contribution is 2.43. The summed E-state index contributed by atoms with van der Waals surface area (Å²) in [6.45, 7) is 10.4. The molecule has 0 spiro atoms. The maximum Gasteiger partial charge on any atom is 0.251 e. The molecule has 1 heterocycles. The van der Waals surface area contributed by atoms with Gasteiger partial charge in [-0.15, -0.1) is 0 Å². The molecule has 0 saturated heterocycles. The molecule has 2 heteroatoms. The summed E-state index contributed by atoms with van der Waals surface area (Å²) < 4.78 is 12.0. The van der Waals surface area contributed by atoms with E-state index in [-0.39, 0.29) is 0 Å². The van der Waals surface area contributed by atoms with Crippen LogP contribution in [0.15, 0.2) is 18.2 Å². The second kappa shape index (κ2) is 6.67. The van der Waals surface area contributed by atoms with Gasteiger partial charge < -0.3 is 9.47 Å². The van der Waals surface area contributed by atoms with Crippen molar-refractivity contribution < 1.29 is 9.47 Å². The van der Waals surface area contributed by atoms with E-state index >= 15 is 0 Å². The lowest BCUT2D eigenvalue weighted by Gasteiger charge is -2.26. The Balaban J connectivity index is 0.000000771. The van der Waals surface area contributed by atoms with Crippen LogP contribution in [0.2, 0.25) is 0 Å². The molecule has 0 atom stereocenters. The Bertz CT molecular complexity index is 365. The summed E-state index contributed by atoms with van der Waals surface area (Å²) in [5.41, 5.74) is 1.21. The van der Waals surface area contributed by atoms with Crippen LogP contribution < -0.4 is 9.47 Å². The zero-order valence-electron chi connectivity index (χ0n) is 12.4. The van der Waals surface area contributed by atoms with Crippen LogP contribution in [-0.2, 0) is 0 Å². The average molecular weight is 250 g/mol. The Kier molecular flexibility index (Phi) is 5.52. The van der Waals surface area contributed by atoms with E-state index in [4.69, 9.17) is 9.47 Å². The van der Waals surface area contributed by atoms with Gasteiger partial charge in [0, 0.05) is 12.8 Å². The highest BCUT2D eigenvalue weighted by atomic mass is 16.7. The van der Waals surface area contributed by atoms with Gasteiger partial charge >= 0.3 is 0 Å². The fourth-order valence-corrected chi connectivity index (χ4v) is 2.29. The van der Waals surface area contributed by atoms with Crippen LogP contribution in [0.25, 0.3) is 0 Å². The third kappa shape index (κ3) is 3.18. The van der Waals surface area contributed by atoms with Crippen LogP contribution in [0, 0.1) is 6.92 Å². The summed E-state index contributed by atoms with van der Waals surface area (Å²) in [7, 11) is 0. The SMILES string of the molecule is CC.CCCC1(CCC)Oc2ccc(C)cc2O1. The second-order valence-electron chi connectivity index (χ2n) is 4.56. The number of benzene rings is 1. The van der Waals surface area contributed by atoms with Gasteiger partial charge in [0.05, 0.1) is 0 Å². The molecule has 1 aromatic carbocycles. The van der Waals surface area contributed by atoms with Crippen LogP contribution in [0.4, 0.5) is 0 Å². The molecule has 2 rings (SSSR count). The van der Waals surface area contributed by atoms with Crippen molar-refractivity contribution in [2.45, 2.75) is 66.1 Å². The lowest BCUT2D eigenvalue weighted by molar-refractivity contribution is -0.0926. The van der Waals surface area contributed by atoms with E-state index in [9.17, 15) is 0 Å². The number of rotatable bonds is 4. The molecule has 0 unspecified atom stereocenters. The summed E-state index contributed by atoms with van der Waals surface area (Å²) in [6.07, 6.45) is 4.06. The largest absolute Gasteiger partial charge is 0.448 e. The number of hydrogen-bond acceptors (Lipinski definition) is 2. The van der Waals surface area contributed by atoms with Gasteiger partial charge in [0.1, 0.15) is 0 Å². The van der Waals surface area contributed by atoms with E-state index in [1.807, 2.05) is 19.9 Å². The maximum atomic E-state index is 6.03. The number of ether oxygens (including phenoxy) is 2. The quantitative estimate of drug-likeness (QED) is 0.741. The van der Waals surface area contributed by atoms with Crippen LogP contribution in [0.1, 0.15) is 58.9 Å². The normalized spacial score (nSPS) is 14.9. The van der Waals surface area contributed by atoms with Gasteiger partial charge in [-0.05, 0) is 37.5 Å². The zero-order chi connectivity index (χ0) is 13.6. The Hall–Kier alpha value is -1.18. The molecule has 1 aliphatic heterocycles. The van der Waals surface area contributed by atoms with Crippen molar-refractivity contribution >= 4 is 0 Å². The van der Waals surface area contributed by atoms with Crippen molar-refractivity contribution in [3.05, 3.63) is 23.8 Å². The minimum atomic E-state index is -0.403. The molecular weight excluding hydrogens is 224 g/mol. The summed E-state index contributed by atoms with van der Waals surface area (Å²) in [5.74, 6) is 1.40. The fourth-order valence-electron chi connectivity index (χ4n) is 2.29. The molecule has 0 aromatic heterocycles. The van der Waals surface area contributed by atoms with Crippen molar-refractivity contribution in [3.63, 3.8) is 0 Å². The molecule has 102 valence electrons. The Morgan fingerprint density at radius 2 is 1.50 bits per heavy atom. The molecule has 0 saturated carbocycles. The number of hydrogen-bond donors (Lipinski definition) is 0. The Morgan fingerprint density at radius 1 is 0.944 bits per heavy atom. The Labute approximate surface area is 111 Å². The molecule has 0 N–H and O–H groups in total. The predicted molar refractivity (Wildman–Crippen MR) is 76.3 cm³/mol. The first kappa shape index (κ1) is 14.9. The summed E-state index contributed by atoms with van der Waals surface area (Å²) in [5, 5.41) is 0. The van der Waals surface area contributed by atoms with Crippen molar-refractivity contribution in [2.24, 2.45) is 0 Å². The molecule has 0 bridgehead atoms. The molecule has 0 fully saturated rings. The topological polar surface area (TPSA) is 18.5 Å². The summed E-state index contributed by atoms with van der Waals surface area (Å²) in [4.78, 5) is 0. The van der Waals surface area contributed by atoms with E-state index in [0.29, 0.717) is 0 Å². The average Bonchev–Trinajstić information content (AvgIpc) is 2.70. The standard InChI is InChI=1S/C14H20O2.C2H6/c1-4-8-14(9-5-2)15-12-7-6-11(3)10-13(12)16-14;1-2/h6-7,10H,4-5,8-9H2,1-3H3;1-2H3. The van der Waals surface area contributed by atoms with Crippen LogP contribution in [0.5, 0.6) is 11.5 Å².